The van der Waals surface area contributed by atoms with E-state index in [4.69, 9.17) is 9.26 Å². The van der Waals surface area contributed by atoms with Crippen molar-refractivity contribution in [3.05, 3.63) is 23.1 Å². The monoisotopic (exact) mass is 439 g/mol. The molecular formula is C19H22FN3O6S. The molecule has 4 rings (SSSR count). The van der Waals surface area contributed by atoms with Gasteiger partial charge in [0, 0.05) is 31.7 Å². The van der Waals surface area contributed by atoms with Crippen LogP contribution in [0.25, 0.3) is 11.0 Å². The molecule has 0 spiro atoms. The van der Waals surface area contributed by atoms with E-state index in [1.807, 2.05) is 13.8 Å². The zero-order chi connectivity index (χ0) is 21.6. The van der Waals surface area contributed by atoms with Gasteiger partial charge in [-0.15, -0.1) is 0 Å². The molecule has 0 bridgehead atoms. The van der Waals surface area contributed by atoms with E-state index in [0.29, 0.717) is 19.4 Å². The van der Waals surface area contributed by atoms with Gasteiger partial charge in [-0.3, -0.25) is 9.59 Å². The van der Waals surface area contributed by atoms with Crippen LogP contribution in [-0.2, 0) is 14.6 Å². The van der Waals surface area contributed by atoms with E-state index >= 15 is 4.39 Å². The maximum atomic E-state index is 15.4. The van der Waals surface area contributed by atoms with Crippen LogP contribution in [0.3, 0.4) is 0 Å². The highest BCUT2D eigenvalue weighted by atomic mass is 32.2. The van der Waals surface area contributed by atoms with Crippen LogP contribution in [-0.4, -0.2) is 80.6 Å². The highest BCUT2D eigenvalue weighted by molar-refractivity contribution is 7.91. The van der Waals surface area contributed by atoms with Crippen LogP contribution < -0.4 is 4.90 Å². The number of halogens is 1. The highest BCUT2D eigenvalue weighted by Gasteiger charge is 2.32. The van der Waals surface area contributed by atoms with E-state index in [-0.39, 0.29) is 64.7 Å². The molecule has 2 fully saturated rings. The lowest BCUT2D eigenvalue weighted by Gasteiger charge is -2.37. The summed E-state index contributed by atoms with van der Waals surface area (Å²) in [5.74, 6) is -1.59. The average Bonchev–Trinajstić information content (AvgIpc) is 3.10. The minimum atomic E-state index is -3.16. The molecule has 0 N–H and O–H groups in total. The average molecular weight is 439 g/mol. The van der Waals surface area contributed by atoms with Crippen molar-refractivity contribution in [2.75, 3.05) is 42.6 Å². The van der Waals surface area contributed by atoms with Crippen LogP contribution in [0.4, 0.5) is 10.1 Å². The number of carbonyl (C=O) groups excluding carboxylic acids is 2. The number of nitrogens with zero attached hydrogens (tertiary/aromatic N) is 3. The van der Waals surface area contributed by atoms with Crippen molar-refractivity contribution in [1.29, 1.82) is 0 Å². The molecule has 2 aliphatic heterocycles. The number of aldehydes is 1. The van der Waals surface area contributed by atoms with Gasteiger partial charge in [0.25, 0.3) is 5.91 Å². The quantitative estimate of drug-likeness (QED) is 0.658. The maximum absolute atomic E-state index is 15.4. The number of ether oxygens (including phenoxy) is 1. The molecule has 0 unspecified atom stereocenters. The Morgan fingerprint density at radius 2 is 1.87 bits per heavy atom. The summed E-state index contributed by atoms with van der Waals surface area (Å²) < 4.78 is 49.4. The number of carbonyl (C=O) groups is 2. The fourth-order valence-corrected chi connectivity index (χ4v) is 5.24. The van der Waals surface area contributed by atoms with E-state index in [0.717, 1.165) is 0 Å². The predicted octanol–water partition coefficient (Wildman–Crippen LogP) is 1.26. The second kappa shape index (κ2) is 7.62. The fraction of sp³-hybridized carbons (Fsp3) is 0.526. The molecule has 0 aliphatic carbocycles. The van der Waals surface area contributed by atoms with Gasteiger partial charge in [-0.25, -0.2) is 12.8 Å². The third kappa shape index (κ3) is 3.67. The largest absolute Gasteiger partial charge is 0.372 e. The molecule has 0 radical (unpaired) electrons. The summed E-state index contributed by atoms with van der Waals surface area (Å²) in [6.45, 7) is 4.58. The summed E-state index contributed by atoms with van der Waals surface area (Å²) in [4.78, 5) is 27.7. The Morgan fingerprint density at radius 1 is 1.23 bits per heavy atom. The number of fused-ring (bicyclic) bond motifs is 1. The first-order valence-electron chi connectivity index (χ1n) is 9.67. The number of sulfone groups is 1. The second-order valence-electron chi connectivity index (χ2n) is 7.76. The zero-order valence-electron chi connectivity index (χ0n) is 16.6. The molecular weight excluding hydrogens is 417 g/mol. The van der Waals surface area contributed by atoms with Crippen LogP contribution >= 0.6 is 0 Å². The molecule has 1 amide bonds. The standard InChI is InChI=1S/C19H22FN3O6S/c1-11-8-23(9-12(2)28-11)17-13(10-24)7-14-16(21-29-18(14)15(17)20)19(25)22-3-5-30(26,27)6-4-22/h7,10-12H,3-6,8-9H2,1-2H3/t11-,12+. The summed E-state index contributed by atoms with van der Waals surface area (Å²) in [6, 6.07) is 1.40. The first kappa shape index (κ1) is 20.7. The Kier molecular flexibility index (Phi) is 5.27. The van der Waals surface area contributed by atoms with Crippen LogP contribution in [0, 0.1) is 5.82 Å². The van der Waals surface area contributed by atoms with Gasteiger partial charge in [0.05, 0.1) is 34.8 Å². The van der Waals surface area contributed by atoms with Crippen molar-refractivity contribution < 1.29 is 31.7 Å². The van der Waals surface area contributed by atoms with E-state index in [9.17, 15) is 18.0 Å². The molecule has 11 heteroatoms. The lowest BCUT2D eigenvalue weighted by Crippen LogP contribution is -2.46. The van der Waals surface area contributed by atoms with Crippen molar-refractivity contribution >= 4 is 38.7 Å². The third-order valence-electron chi connectivity index (χ3n) is 5.41. The number of morpholine rings is 1. The van der Waals surface area contributed by atoms with Gasteiger partial charge in [-0.1, -0.05) is 5.16 Å². The number of hydrogen-bond donors (Lipinski definition) is 0. The van der Waals surface area contributed by atoms with Crippen molar-refractivity contribution in [2.24, 2.45) is 0 Å². The van der Waals surface area contributed by atoms with Gasteiger partial charge < -0.3 is 19.1 Å². The van der Waals surface area contributed by atoms with Crippen molar-refractivity contribution in [1.82, 2.24) is 10.1 Å². The molecule has 30 heavy (non-hydrogen) atoms. The Hall–Kier alpha value is -2.53. The van der Waals surface area contributed by atoms with Gasteiger partial charge in [-0.2, -0.15) is 0 Å². The van der Waals surface area contributed by atoms with Crippen molar-refractivity contribution in [3.8, 4) is 0 Å². The smallest absolute Gasteiger partial charge is 0.276 e. The summed E-state index contributed by atoms with van der Waals surface area (Å²) in [6.07, 6.45) is 0.244. The zero-order valence-corrected chi connectivity index (χ0v) is 17.4. The Morgan fingerprint density at radius 3 is 2.47 bits per heavy atom. The first-order valence-corrected chi connectivity index (χ1v) is 11.5. The normalized spacial score (nSPS) is 24.2. The number of benzene rings is 1. The number of rotatable bonds is 3. The molecule has 1 aromatic heterocycles. The number of aromatic nitrogens is 1. The Labute approximate surface area is 172 Å². The van der Waals surface area contributed by atoms with Gasteiger partial charge in [0.15, 0.2) is 27.6 Å². The summed E-state index contributed by atoms with van der Waals surface area (Å²) in [7, 11) is -3.16. The lowest BCUT2D eigenvalue weighted by atomic mass is 10.1. The number of amides is 1. The molecule has 2 atom stereocenters. The predicted molar refractivity (Wildman–Crippen MR) is 106 cm³/mol. The van der Waals surface area contributed by atoms with Crippen LogP contribution in [0.15, 0.2) is 10.6 Å². The summed E-state index contributed by atoms with van der Waals surface area (Å²) in [5, 5.41) is 3.83. The Bertz CT molecular complexity index is 1090. The summed E-state index contributed by atoms with van der Waals surface area (Å²) in [5.41, 5.74) is -0.171. The lowest BCUT2D eigenvalue weighted by molar-refractivity contribution is -0.00543. The third-order valence-corrected chi connectivity index (χ3v) is 7.01. The molecule has 2 saturated heterocycles. The maximum Gasteiger partial charge on any atom is 0.276 e. The molecule has 2 aromatic rings. The minimum absolute atomic E-state index is 0.0280. The molecule has 9 nitrogen and oxygen atoms in total. The molecule has 3 heterocycles. The molecule has 162 valence electrons. The Balaban J connectivity index is 1.73. The van der Waals surface area contributed by atoms with Crippen LogP contribution in [0.5, 0.6) is 0 Å². The summed E-state index contributed by atoms with van der Waals surface area (Å²) >= 11 is 0. The van der Waals surface area contributed by atoms with Crippen molar-refractivity contribution in [2.45, 2.75) is 26.1 Å². The minimum Gasteiger partial charge on any atom is -0.372 e. The molecule has 2 aliphatic rings. The van der Waals surface area contributed by atoms with Gasteiger partial charge in [0.2, 0.25) is 5.58 Å². The molecule has 0 saturated carbocycles. The fourth-order valence-electron chi connectivity index (χ4n) is 4.04. The number of anilines is 1. The van der Waals surface area contributed by atoms with Gasteiger partial charge >= 0.3 is 0 Å². The highest BCUT2D eigenvalue weighted by Crippen LogP contribution is 2.34. The van der Waals surface area contributed by atoms with Crippen molar-refractivity contribution in [3.63, 3.8) is 0 Å². The van der Waals surface area contributed by atoms with E-state index in [2.05, 4.69) is 5.16 Å². The van der Waals surface area contributed by atoms with E-state index < -0.39 is 21.6 Å². The first-order chi connectivity index (χ1) is 14.2. The topological polar surface area (TPSA) is 110 Å². The van der Waals surface area contributed by atoms with Crippen LogP contribution in [0.2, 0.25) is 0 Å². The van der Waals surface area contributed by atoms with E-state index in [1.165, 1.54) is 11.0 Å². The van der Waals surface area contributed by atoms with E-state index in [1.54, 1.807) is 4.90 Å². The SMILES string of the molecule is C[C@@H]1CN(c2c(C=O)cc3c(C(=O)N4CCS(=O)(=O)CC4)noc3c2F)C[C@H](C)O1. The second-order valence-corrected chi connectivity index (χ2v) is 10.1. The van der Waals surface area contributed by atoms with Crippen LogP contribution in [0.1, 0.15) is 34.7 Å². The molecule has 1 aromatic carbocycles. The van der Waals surface area contributed by atoms with Gasteiger partial charge in [-0.05, 0) is 19.9 Å². The number of hydrogen-bond acceptors (Lipinski definition) is 8. The van der Waals surface area contributed by atoms with Gasteiger partial charge in [0.1, 0.15) is 0 Å².